The molecular formula is C8H10Cl2N2O. The van der Waals surface area contributed by atoms with Crippen molar-refractivity contribution in [1.29, 1.82) is 0 Å². The quantitative estimate of drug-likeness (QED) is 0.579. The summed E-state index contributed by atoms with van der Waals surface area (Å²) in [5.74, 6) is 0.519. The van der Waals surface area contributed by atoms with Crippen molar-refractivity contribution in [2.75, 3.05) is 6.61 Å². The lowest BCUT2D eigenvalue weighted by Gasteiger charge is -2.01. The van der Waals surface area contributed by atoms with Crippen molar-refractivity contribution in [3.8, 4) is 0 Å². The maximum Gasteiger partial charge on any atom is 0.157 e. The Labute approximate surface area is 87.1 Å². The van der Waals surface area contributed by atoms with Crippen molar-refractivity contribution in [2.45, 2.75) is 20.0 Å². The molecule has 0 spiro atoms. The minimum Gasteiger partial charge on any atom is -0.373 e. The van der Waals surface area contributed by atoms with Gasteiger partial charge in [0.15, 0.2) is 5.82 Å². The van der Waals surface area contributed by atoms with E-state index in [1.165, 1.54) is 6.07 Å². The van der Waals surface area contributed by atoms with Crippen LogP contribution in [0.4, 0.5) is 0 Å². The third-order valence-electron chi connectivity index (χ3n) is 1.29. The van der Waals surface area contributed by atoms with Crippen LogP contribution < -0.4 is 0 Å². The van der Waals surface area contributed by atoms with E-state index in [1.807, 2.05) is 6.92 Å². The molecule has 1 rings (SSSR count). The molecule has 5 heteroatoms. The highest BCUT2D eigenvalue weighted by Crippen LogP contribution is 2.11. The molecular weight excluding hydrogens is 211 g/mol. The second-order valence-corrected chi connectivity index (χ2v) is 3.26. The van der Waals surface area contributed by atoms with Crippen LogP contribution >= 0.6 is 23.2 Å². The van der Waals surface area contributed by atoms with Crippen LogP contribution in [0.2, 0.25) is 10.3 Å². The smallest absolute Gasteiger partial charge is 0.157 e. The van der Waals surface area contributed by atoms with Gasteiger partial charge in [0.2, 0.25) is 0 Å². The number of aromatic nitrogens is 2. The zero-order valence-electron chi connectivity index (χ0n) is 7.26. The average Bonchev–Trinajstić information content (AvgIpc) is 2.03. The molecule has 0 N–H and O–H groups in total. The van der Waals surface area contributed by atoms with Gasteiger partial charge in [0.05, 0.1) is 0 Å². The largest absolute Gasteiger partial charge is 0.373 e. The van der Waals surface area contributed by atoms with Crippen LogP contribution in [0.15, 0.2) is 6.07 Å². The lowest BCUT2D eigenvalue weighted by Crippen LogP contribution is -2.00. The maximum atomic E-state index is 5.67. The van der Waals surface area contributed by atoms with Gasteiger partial charge in [-0.05, 0) is 6.42 Å². The van der Waals surface area contributed by atoms with E-state index in [9.17, 15) is 0 Å². The summed E-state index contributed by atoms with van der Waals surface area (Å²) in [5.41, 5.74) is 0. The lowest BCUT2D eigenvalue weighted by atomic mass is 10.5. The van der Waals surface area contributed by atoms with Crippen molar-refractivity contribution in [3.05, 3.63) is 22.2 Å². The fraction of sp³-hybridized carbons (Fsp3) is 0.500. The first-order chi connectivity index (χ1) is 6.22. The Morgan fingerprint density at radius 2 is 1.92 bits per heavy atom. The Morgan fingerprint density at radius 3 is 2.46 bits per heavy atom. The maximum absolute atomic E-state index is 5.67. The molecule has 1 aromatic rings. The first-order valence-electron chi connectivity index (χ1n) is 3.99. The second-order valence-electron chi connectivity index (χ2n) is 2.48. The van der Waals surface area contributed by atoms with E-state index in [0.29, 0.717) is 29.3 Å². The molecule has 1 aromatic heterocycles. The van der Waals surface area contributed by atoms with Crippen molar-refractivity contribution in [2.24, 2.45) is 0 Å². The summed E-state index contributed by atoms with van der Waals surface area (Å²) in [6, 6.07) is 1.49. The van der Waals surface area contributed by atoms with Gasteiger partial charge in [-0.15, -0.1) is 0 Å². The molecule has 3 nitrogen and oxygen atoms in total. The summed E-state index contributed by atoms with van der Waals surface area (Å²) in [4.78, 5) is 7.90. The SMILES string of the molecule is CCCOCc1nc(Cl)cc(Cl)n1. The molecule has 0 bridgehead atoms. The van der Waals surface area contributed by atoms with Crippen molar-refractivity contribution in [3.63, 3.8) is 0 Å². The third kappa shape index (κ3) is 3.89. The molecule has 0 radical (unpaired) electrons. The number of hydrogen-bond donors (Lipinski definition) is 0. The first kappa shape index (κ1) is 10.7. The molecule has 13 heavy (non-hydrogen) atoms. The summed E-state index contributed by atoms with van der Waals surface area (Å²) in [6.45, 7) is 3.08. The molecule has 0 aliphatic rings. The van der Waals surface area contributed by atoms with E-state index in [-0.39, 0.29) is 0 Å². The fourth-order valence-corrected chi connectivity index (χ4v) is 1.26. The number of nitrogens with zero attached hydrogens (tertiary/aromatic N) is 2. The molecule has 0 amide bonds. The lowest BCUT2D eigenvalue weighted by molar-refractivity contribution is 0.116. The molecule has 1 heterocycles. The van der Waals surface area contributed by atoms with Crippen molar-refractivity contribution < 1.29 is 4.74 Å². The highest BCUT2D eigenvalue weighted by Gasteiger charge is 2.00. The van der Waals surface area contributed by atoms with Gasteiger partial charge in [0, 0.05) is 12.7 Å². The zero-order valence-corrected chi connectivity index (χ0v) is 8.77. The Hall–Kier alpha value is -0.380. The molecule has 0 aliphatic heterocycles. The van der Waals surface area contributed by atoms with Crippen LogP contribution in [-0.4, -0.2) is 16.6 Å². The number of hydrogen-bond acceptors (Lipinski definition) is 3. The van der Waals surface area contributed by atoms with Crippen molar-refractivity contribution >= 4 is 23.2 Å². The third-order valence-corrected chi connectivity index (χ3v) is 1.68. The molecule has 0 aliphatic carbocycles. The first-order valence-corrected chi connectivity index (χ1v) is 4.74. The number of ether oxygens (including phenoxy) is 1. The van der Waals surface area contributed by atoms with E-state index >= 15 is 0 Å². The van der Waals surface area contributed by atoms with Crippen molar-refractivity contribution in [1.82, 2.24) is 9.97 Å². The van der Waals surface area contributed by atoms with Crippen LogP contribution in [0.5, 0.6) is 0 Å². The van der Waals surface area contributed by atoms with Gasteiger partial charge in [-0.2, -0.15) is 0 Å². The highest BCUT2D eigenvalue weighted by molar-refractivity contribution is 6.33. The topological polar surface area (TPSA) is 35.0 Å². The summed E-state index contributed by atoms with van der Waals surface area (Å²) in [6.07, 6.45) is 0.967. The summed E-state index contributed by atoms with van der Waals surface area (Å²) in [7, 11) is 0. The van der Waals surface area contributed by atoms with Crippen LogP contribution in [0.3, 0.4) is 0 Å². The Kier molecular flexibility index (Phi) is 4.42. The highest BCUT2D eigenvalue weighted by atomic mass is 35.5. The van der Waals surface area contributed by atoms with E-state index < -0.39 is 0 Å². The molecule has 0 aromatic carbocycles. The second kappa shape index (κ2) is 5.37. The predicted molar refractivity (Wildman–Crippen MR) is 52.0 cm³/mol. The van der Waals surface area contributed by atoms with Gasteiger partial charge in [-0.1, -0.05) is 30.1 Å². The van der Waals surface area contributed by atoms with Crippen LogP contribution in [0.1, 0.15) is 19.2 Å². The number of halogens is 2. The molecule has 72 valence electrons. The predicted octanol–water partition coefficient (Wildman–Crippen LogP) is 2.71. The average molecular weight is 221 g/mol. The van der Waals surface area contributed by atoms with E-state index in [0.717, 1.165) is 6.42 Å². The molecule has 0 atom stereocenters. The minimum absolute atomic E-state index is 0.343. The monoisotopic (exact) mass is 220 g/mol. The normalized spacial score (nSPS) is 10.4. The van der Waals surface area contributed by atoms with E-state index in [4.69, 9.17) is 27.9 Å². The summed E-state index contributed by atoms with van der Waals surface area (Å²) < 4.78 is 5.24. The Balaban J connectivity index is 2.56. The molecule has 0 saturated carbocycles. The fourth-order valence-electron chi connectivity index (χ4n) is 0.807. The van der Waals surface area contributed by atoms with Gasteiger partial charge in [0.25, 0.3) is 0 Å². The van der Waals surface area contributed by atoms with Gasteiger partial charge >= 0.3 is 0 Å². The summed E-state index contributed by atoms with van der Waals surface area (Å²) in [5, 5.41) is 0.685. The Bertz CT molecular complexity index is 261. The van der Waals surface area contributed by atoms with Crippen LogP contribution in [-0.2, 0) is 11.3 Å². The van der Waals surface area contributed by atoms with Crippen LogP contribution in [0.25, 0.3) is 0 Å². The standard InChI is InChI=1S/C8H10Cl2N2O/c1-2-3-13-5-8-11-6(9)4-7(10)12-8/h4H,2-3,5H2,1H3. The van der Waals surface area contributed by atoms with Crippen LogP contribution in [0, 0.1) is 0 Å². The van der Waals surface area contributed by atoms with Gasteiger partial charge in [0.1, 0.15) is 16.9 Å². The van der Waals surface area contributed by atoms with Gasteiger partial charge in [-0.25, -0.2) is 9.97 Å². The van der Waals surface area contributed by atoms with Gasteiger partial charge < -0.3 is 4.74 Å². The Morgan fingerprint density at radius 1 is 1.31 bits per heavy atom. The summed E-state index contributed by atoms with van der Waals surface area (Å²) >= 11 is 11.3. The van der Waals surface area contributed by atoms with Gasteiger partial charge in [-0.3, -0.25) is 0 Å². The zero-order chi connectivity index (χ0) is 9.68. The molecule has 0 saturated heterocycles. The molecule has 0 unspecified atom stereocenters. The number of rotatable bonds is 4. The van der Waals surface area contributed by atoms with E-state index in [1.54, 1.807) is 0 Å². The minimum atomic E-state index is 0.343. The molecule has 0 fully saturated rings. The van der Waals surface area contributed by atoms with E-state index in [2.05, 4.69) is 9.97 Å².